The van der Waals surface area contributed by atoms with Gasteiger partial charge in [-0.1, -0.05) is 23.7 Å². The molecular weight excluding hydrogens is 272 g/mol. The minimum atomic E-state index is -0.233. The van der Waals surface area contributed by atoms with E-state index in [1.165, 1.54) is 0 Å². The van der Waals surface area contributed by atoms with Gasteiger partial charge in [0.1, 0.15) is 0 Å². The highest BCUT2D eigenvalue weighted by molar-refractivity contribution is 6.31. The van der Waals surface area contributed by atoms with Crippen LogP contribution in [0.2, 0.25) is 5.02 Å². The first-order valence-electron chi connectivity index (χ1n) is 6.09. The van der Waals surface area contributed by atoms with Gasteiger partial charge in [-0.25, -0.2) is 0 Å². The molecule has 0 aliphatic carbocycles. The van der Waals surface area contributed by atoms with E-state index in [0.717, 1.165) is 11.1 Å². The molecule has 0 aliphatic rings. The lowest BCUT2D eigenvalue weighted by Gasteiger charge is -2.10. The van der Waals surface area contributed by atoms with Crippen LogP contribution in [0.5, 0.6) is 0 Å². The average Bonchev–Trinajstić information content (AvgIpc) is 2.43. The maximum atomic E-state index is 12.3. The van der Waals surface area contributed by atoms with Crippen molar-refractivity contribution in [1.82, 2.24) is 0 Å². The maximum Gasteiger partial charge on any atom is 0.255 e. The van der Waals surface area contributed by atoms with Gasteiger partial charge in [-0.3, -0.25) is 4.79 Å². The topological polar surface area (TPSA) is 52.9 Å². The van der Waals surface area contributed by atoms with Gasteiger partial charge in [0.2, 0.25) is 0 Å². The highest BCUT2D eigenvalue weighted by Gasteiger charge is 2.11. The van der Waals surface area contributed by atoms with Gasteiger partial charge in [0.25, 0.3) is 5.91 Å². The van der Waals surface area contributed by atoms with E-state index in [1.54, 1.807) is 36.4 Å². The third-order valence-corrected chi connectivity index (χ3v) is 3.29. The lowest BCUT2D eigenvalue weighted by atomic mass is 10.1. The fraction of sp³-hybridized carbons (Fsp3) is 0.125. The van der Waals surface area contributed by atoms with Gasteiger partial charge in [0.05, 0.1) is 11.6 Å². The number of carbonyl (C=O) groups is 1. The number of hydrogen-bond donors (Lipinski definition) is 1. The number of halogens is 1. The van der Waals surface area contributed by atoms with Crippen LogP contribution in [-0.2, 0) is 0 Å². The number of carbonyl (C=O) groups excluding carboxylic acids is 1. The summed E-state index contributed by atoms with van der Waals surface area (Å²) in [6.07, 6.45) is 0. The molecule has 0 atom stereocenters. The third kappa shape index (κ3) is 2.98. The SMILES string of the molecule is Cc1ccc(C#N)cc1NC(=O)c1cc(Cl)ccc1C. The second-order valence-corrected chi connectivity index (χ2v) is 4.99. The number of nitrogens with zero attached hydrogens (tertiary/aromatic N) is 1. The minimum Gasteiger partial charge on any atom is -0.322 e. The Bertz CT molecular complexity index is 717. The number of amides is 1. The number of nitrogens with one attached hydrogen (secondary N) is 1. The molecule has 2 rings (SSSR count). The molecule has 0 unspecified atom stereocenters. The van der Waals surface area contributed by atoms with Gasteiger partial charge >= 0.3 is 0 Å². The normalized spacial score (nSPS) is 9.90. The Morgan fingerprint density at radius 3 is 2.55 bits per heavy atom. The number of anilines is 1. The largest absolute Gasteiger partial charge is 0.322 e. The Balaban J connectivity index is 2.33. The standard InChI is InChI=1S/C16H13ClN2O/c1-10-4-6-13(17)8-14(10)16(20)19-15-7-12(9-18)5-3-11(15)2/h3-8H,1-2H3,(H,19,20). The number of benzene rings is 2. The predicted molar refractivity (Wildman–Crippen MR) is 80.0 cm³/mol. The molecule has 3 nitrogen and oxygen atoms in total. The molecule has 0 bridgehead atoms. The van der Waals surface area contributed by atoms with Crippen LogP contribution in [0.15, 0.2) is 36.4 Å². The molecule has 4 heteroatoms. The molecule has 2 aromatic rings. The molecule has 1 N–H and O–H groups in total. The summed E-state index contributed by atoms with van der Waals surface area (Å²) in [7, 11) is 0. The number of nitriles is 1. The smallest absolute Gasteiger partial charge is 0.255 e. The van der Waals surface area contributed by atoms with Crippen molar-refractivity contribution in [3.8, 4) is 6.07 Å². The van der Waals surface area contributed by atoms with Gasteiger partial charge in [-0.05, 0) is 49.2 Å². The molecule has 20 heavy (non-hydrogen) atoms. The van der Waals surface area contributed by atoms with Crippen molar-refractivity contribution in [2.24, 2.45) is 0 Å². The molecule has 2 aromatic carbocycles. The van der Waals surface area contributed by atoms with Crippen LogP contribution in [0.1, 0.15) is 27.0 Å². The molecule has 0 saturated heterocycles. The number of hydrogen-bond acceptors (Lipinski definition) is 2. The van der Waals surface area contributed by atoms with Crippen molar-refractivity contribution in [2.45, 2.75) is 13.8 Å². The Morgan fingerprint density at radius 1 is 1.15 bits per heavy atom. The number of aryl methyl sites for hydroxylation is 2. The summed E-state index contributed by atoms with van der Waals surface area (Å²) in [5, 5.41) is 12.2. The van der Waals surface area contributed by atoms with E-state index in [4.69, 9.17) is 16.9 Å². The maximum absolute atomic E-state index is 12.3. The minimum absolute atomic E-state index is 0.233. The summed E-state index contributed by atoms with van der Waals surface area (Å²) in [4.78, 5) is 12.3. The quantitative estimate of drug-likeness (QED) is 0.903. The summed E-state index contributed by atoms with van der Waals surface area (Å²) < 4.78 is 0. The summed E-state index contributed by atoms with van der Waals surface area (Å²) in [6.45, 7) is 3.73. The highest BCUT2D eigenvalue weighted by Crippen LogP contribution is 2.20. The van der Waals surface area contributed by atoms with Crippen LogP contribution >= 0.6 is 11.6 Å². The van der Waals surface area contributed by atoms with Crippen LogP contribution in [-0.4, -0.2) is 5.91 Å². The molecule has 0 fully saturated rings. The van der Waals surface area contributed by atoms with Crippen LogP contribution in [0, 0.1) is 25.2 Å². The molecule has 0 saturated carbocycles. The summed E-state index contributed by atoms with van der Waals surface area (Å²) in [5.41, 5.74) is 3.42. The van der Waals surface area contributed by atoms with Crippen molar-refractivity contribution in [3.05, 3.63) is 63.7 Å². The van der Waals surface area contributed by atoms with Gasteiger partial charge in [0.15, 0.2) is 0 Å². The average molecular weight is 285 g/mol. The van der Waals surface area contributed by atoms with Gasteiger partial charge in [-0.2, -0.15) is 5.26 Å². The van der Waals surface area contributed by atoms with E-state index in [9.17, 15) is 4.79 Å². The van der Waals surface area contributed by atoms with Crippen molar-refractivity contribution in [2.75, 3.05) is 5.32 Å². The Hall–Kier alpha value is -2.31. The molecule has 0 heterocycles. The second kappa shape index (κ2) is 5.77. The molecule has 100 valence electrons. The lowest BCUT2D eigenvalue weighted by Crippen LogP contribution is -2.14. The van der Waals surface area contributed by atoms with Crippen LogP contribution < -0.4 is 5.32 Å². The first kappa shape index (κ1) is 14.1. The molecule has 1 amide bonds. The van der Waals surface area contributed by atoms with E-state index in [2.05, 4.69) is 11.4 Å². The lowest BCUT2D eigenvalue weighted by molar-refractivity contribution is 0.102. The van der Waals surface area contributed by atoms with Crippen molar-refractivity contribution in [3.63, 3.8) is 0 Å². The van der Waals surface area contributed by atoms with E-state index in [0.29, 0.717) is 21.8 Å². The Morgan fingerprint density at radius 2 is 1.85 bits per heavy atom. The van der Waals surface area contributed by atoms with Crippen molar-refractivity contribution in [1.29, 1.82) is 5.26 Å². The molecule has 0 aromatic heterocycles. The predicted octanol–water partition coefficient (Wildman–Crippen LogP) is 4.08. The molecule has 0 aliphatic heterocycles. The van der Waals surface area contributed by atoms with Gasteiger partial charge in [-0.15, -0.1) is 0 Å². The van der Waals surface area contributed by atoms with E-state index >= 15 is 0 Å². The van der Waals surface area contributed by atoms with Crippen LogP contribution in [0.3, 0.4) is 0 Å². The van der Waals surface area contributed by atoms with Crippen molar-refractivity contribution >= 4 is 23.2 Å². The van der Waals surface area contributed by atoms with Gasteiger partial charge < -0.3 is 5.32 Å². The fourth-order valence-electron chi connectivity index (χ4n) is 1.85. The zero-order chi connectivity index (χ0) is 14.7. The summed E-state index contributed by atoms with van der Waals surface area (Å²) in [6, 6.07) is 12.4. The number of rotatable bonds is 2. The van der Waals surface area contributed by atoms with Gasteiger partial charge in [0, 0.05) is 16.3 Å². The fourth-order valence-corrected chi connectivity index (χ4v) is 2.03. The molecular formula is C16H13ClN2O. The Labute approximate surface area is 122 Å². The summed E-state index contributed by atoms with van der Waals surface area (Å²) >= 11 is 5.92. The zero-order valence-electron chi connectivity index (χ0n) is 11.2. The van der Waals surface area contributed by atoms with E-state index in [1.807, 2.05) is 13.8 Å². The Kier molecular flexibility index (Phi) is 4.07. The first-order valence-corrected chi connectivity index (χ1v) is 6.47. The molecule has 0 radical (unpaired) electrons. The monoisotopic (exact) mass is 284 g/mol. The second-order valence-electron chi connectivity index (χ2n) is 4.55. The van der Waals surface area contributed by atoms with E-state index < -0.39 is 0 Å². The zero-order valence-corrected chi connectivity index (χ0v) is 12.0. The third-order valence-electron chi connectivity index (χ3n) is 3.06. The first-order chi connectivity index (χ1) is 9.51. The molecule has 0 spiro atoms. The van der Waals surface area contributed by atoms with Crippen LogP contribution in [0.4, 0.5) is 5.69 Å². The highest BCUT2D eigenvalue weighted by atomic mass is 35.5. The summed E-state index contributed by atoms with van der Waals surface area (Å²) in [5.74, 6) is -0.233. The van der Waals surface area contributed by atoms with Crippen molar-refractivity contribution < 1.29 is 4.79 Å². The van der Waals surface area contributed by atoms with Crippen LogP contribution in [0.25, 0.3) is 0 Å². The van der Waals surface area contributed by atoms with E-state index in [-0.39, 0.29) is 5.91 Å².